The molecule has 16 nitrogen and oxygen atoms in total. The second-order valence-corrected chi connectivity index (χ2v) is 22.9. The summed E-state index contributed by atoms with van der Waals surface area (Å²) >= 11 is 9.31. The van der Waals surface area contributed by atoms with Crippen LogP contribution in [0.3, 0.4) is 0 Å². The number of carbonyl (C=O) groups excluding carboxylic acids is 4. The summed E-state index contributed by atoms with van der Waals surface area (Å²) in [4.78, 5) is 75.1. The number of aliphatic hydroxyl groups is 1. The first-order valence-electron chi connectivity index (χ1n) is 24.5. The van der Waals surface area contributed by atoms with Crippen LogP contribution in [-0.4, -0.2) is 146 Å². The summed E-state index contributed by atoms with van der Waals surface area (Å²) < 4.78 is 20.0. The molecule has 2 saturated carbocycles. The number of nitrogens with zero attached hydrogens (tertiary/aromatic N) is 6. The molecule has 0 spiro atoms. The first-order valence-corrected chi connectivity index (χ1v) is 26.8. The number of hydrogen-bond acceptors (Lipinski definition) is 14. The number of likely N-dealkylation sites (tertiary alicyclic amines) is 1. The van der Waals surface area contributed by atoms with Gasteiger partial charge in [0.2, 0.25) is 17.8 Å². The fourth-order valence-corrected chi connectivity index (χ4v) is 12.2. The van der Waals surface area contributed by atoms with E-state index in [1.165, 1.54) is 11.1 Å². The highest BCUT2D eigenvalue weighted by Crippen LogP contribution is 2.42. The number of nitrogens with one attached hydrogen (secondary N) is 4. The van der Waals surface area contributed by atoms with Gasteiger partial charge in [-0.25, -0.2) is 14.4 Å². The molecule has 4 fully saturated rings. The van der Waals surface area contributed by atoms with Gasteiger partial charge < -0.3 is 40.9 Å². The molecule has 4 heterocycles. The second kappa shape index (κ2) is 22.4. The molecule has 1 unspecified atom stereocenters. The molecule has 4 amide bonds. The van der Waals surface area contributed by atoms with Crippen LogP contribution in [0.1, 0.15) is 86.0 Å². The third-order valence-electron chi connectivity index (χ3n) is 14.5. The van der Waals surface area contributed by atoms with Crippen molar-refractivity contribution in [3.8, 4) is 16.2 Å². The van der Waals surface area contributed by atoms with Gasteiger partial charge >= 0.3 is 0 Å². The number of aryl methyl sites for hydroxylation is 2. The Morgan fingerprint density at radius 2 is 1.76 bits per heavy atom. The Morgan fingerprint density at radius 3 is 2.42 bits per heavy atom. The molecular formula is C51H66ClFN10O6S2. The molecule has 4 aliphatic rings. The fraction of sp³-hybridized carbons (Fsp3) is 0.549. The number of aliphatic hydroxyl groups excluding tert-OH is 1. The second-order valence-electron chi connectivity index (χ2n) is 20.0. The Hall–Kier alpha value is -5.08. The third-order valence-corrected chi connectivity index (χ3v) is 17.4. The van der Waals surface area contributed by atoms with Gasteiger partial charge in [-0.1, -0.05) is 29.8 Å². The molecule has 8 rings (SSSR count). The lowest BCUT2D eigenvalue weighted by molar-refractivity contribution is -0.143. The number of aromatic nitrogens is 3. The summed E-state index contributed by atoms with van der Waals surface area (Å²) in [6.45, 7) is 11.7. The number of piperazine rings is 1. The lowest BCUT2D eigenvalue weighted by atomic mass is 9.82. The summed E-state index contributed by atoms with van der Waals surface area (Å²) in [7, 11) is 3.28. The van der Waals surface area contributed by atoms with Crippen LogP contribution in [0.5, 0.6) is 5.75 Å². The summed E-state index contributed by atoms with van der Waals surface area (Å²) in [6, 6.07) is 9.28. The number of methoxy groups -OCH3 is 1. The van der Waals surface area contributed by atoms with Gasteiger partial charge in [-0.05, 0) is 119 Å². The van der Waals surface area contributed by atoms with Gasteiger partial charge in [0.15, 0.2) is 5.67 Å². The van der Waals surface area contributed by atoms with Gasteiger partial charge in [0.25, 0.3) is 11.8 Å². The zero-order valence-corrected chi connectivity index (χ0v) is 43.7. The largest absolute Gasteiger partial charge is 0.495 e. The number of alkyl halides is 1. The monoisotopic (exact) mass is 1030 g/mol. The molecule has 71 heavy (non-hydrogen) atoms. The Morgan fingerprint density at radius 1 is 1.03 bits per heavy atom. The molecule has 5 N–H and O–H groups in total. The van der Waals surface area contributed by atoms with Gasteiger partial charge in [-0.15, -0.1) is 11.3 Å². The van der Waals surface area contributed by atoms with E-state index >= 15 is 4.39 Å². The van der Waals surface area contributed by atoms with E-state index in [1.807, 2.05) is 50.2 Å². The van der Waals surface area contributed by atoms with E-state index in [-0.39, 0.29) is 38.3 Å². The highest BCUT2D eigenvalue weighted by molar-refractivity contribution is 8.00. The number of anilines is 3. The molecule has 0 radical (unpaired) electrons. The van der Waals surface area contributed by atoms with Gasteiger partial charge in [-0.2, -0.15) is 16.7 Å². The number of amides is 4. The molecule has 2 aliphatic heterocycles. The molecule has 2 aliphatic carbocycles. The van der Waals surface area contributed by atoms with Crippen LogP contribution in [0.25, 0.3) is 10.4 Å². The molecule has 4 aromatic rings. The summed E-state index contributed by atoms with van der Waals surface area (Å²) in [5.41, 5.74) is 4.91. The van der Waals surface area contributed by atoms with Crippen molar-refractivity contribution < 1.29 is 33.4 Å². The Labute approximate surface area is 428 Å². The number of thiazole rings is 1. The van der Waals surface area contributed by atoms with Crippen molar-refractivity contribution in [2.24, 2.45) is 11.8 Å². The summed E-state index contributed by atoms with van der Waals surface area (Å²) in [5.74, 6) is 1.24. The fourth-order valence-electron chi connectivity index (χ4n) is 9.85. The number of carbonyl (C=O) groups is 4. The highest BCUT2D eigenvalue weighted by atomic mass is 35.5. The maximum Gasteiger partial charge on any atom is 0.258 e. The first-order chi connectivity index (χ1) is 33.9. The van der Waals surface area contributed by atoms with E-state index in [2.05, 4.69) is 47.2 Å². The van der Waals surface area contributed by atoms with Crippen molar-refractivity contribution >= 4 is 75.8 Å². The van der Waals surface area contributed by atoms with Crippen LogP contribution in [0.2, 0.25) is 5.02 Å². The lowest BCUT2D eigenvalue weighted by Gasteiger charge is -2.40. The van der Waals surface area contributed by atoms with Crippen LogP contribution in [0, 0.1) is 25.7 Å². The van der Waals surface area contributed by atoms with Crippen LogP contribution in [-0.2, 0) is 20.9 Å². The Balaban J connectivity index is 0.814. The molecule has 2 aromatic heterocycles. The zero-order chi connectivity index (χ0) is 50.6. The van der Waals surface area contributed by atoms with Crippen LogP contribution in [0.4, 0.5) is 21.8 Å². The molecule has 3 atom stereocenters. The minimum atomic E-state index is -2.00. The molecule has 0 bridgehead atoms. The molecule has 2 aromatic carbocycles. The van der Waals surface area contributed by atoms with Crippen molar-refractivity contribution in [1.29, 1.82) is 0 Å². The van der Waals surface area contributed by atoms with Crippen LogP contribution >= 0.6 is 34.7 Å². The number of ether oxygens (including phenoxy) is 1. The molecule has 382 valence electrons. The van der Waals surface area contributed by atoms with E-state index in [0.717, 1.165) is 78.3 Å². The van der Waals surface area contributed by atoms with E-state index in [1.54, 1.807) is 55.5 Å². The van der Waals surface area contributed by atoms with E-state index in [9.17, 15) is 24.3 Å². The predicted octanol–water partition coefficient (Wildman–Crippen LogP) is 7.01. The maximum atomic E-state index is 15.2. The minimum Gasteiger partial charge on any atom is -0.495 e. The third kappa shape index (κ3) is 12.4. The number of thioether (sulfide) groups is 1. The molecule has 2 saturated heterocycles. The van der Waals surface area contributed by atoms with Gasteiger partial charge in [0, 0.05) is 69.6 Å². The predicted molar refractivity (Wildman–Crippen MR) is 277 cm³/mol. The smallest absolute Gasteiger partial charge is 0.258 e. The highest BCUT2D eigenvalue weighted by Gasteiger charge is 2.54. The Bertz CT molecular complexity index is 2580. The van der Waals surface area contributed by atoms with Crippen molar-refractivity contribution in [1.82, 2.24) is 40.3 Å². The lowest BCUT2D eigenvalue weighted by Crippen LogP contribution is -2.61. The van der Waals surface area contributed by atoms with Crippen molar-refractivity contribution in [2.75, 3.05) is 69.8 Å². The summed E-state index contributed by atoms with van der Waals surface area (Å²) in [5, 5.41) is 23.1. The average molecular weight is 1030 g/mol. The van der Waals surface area contributed by atoms with E-state index in [0.29, 0.717) is 58.7 Å². The topological polar surface area (TPSA) is 194 Å². The number of halogens is 2. The number of benzene rings is 2. The van der Waals surface area contributed by atoms with E-state index < -0.39 is 46.3 Å². The van der Waals surface area contributed by atoms with Crippen molar-refractivity contribution in [3.05, 3.63) is 75.5 Å². The van der Waals surface area contributed by atoms with Crippen molar-refractivity contribution in [3.63, 3.8) is 0 Å². The normalized spacial score (nSPS) is 21.6. The number of rotatable bonds is 18. The number of hydrogen-bond donors (Lipinski definition) is 5. The van der Waals surface area contributed by atoms with Gasteiger partial charge in [0.05, 0.1) is 41.2 Å². The Kier molecular flexibility index (Phi) is 16.5. The first kappa shape index (κ1) is 52.2. The van der Waals surface area contributed by atoms with Gasteiger partial charge in [0.1, 0.15) is 28.7 Å². The van der Waals surface area contributed by atoms with E-state index in [4.69, 9.17) is 16.3 Å². The van der Waals surface area contributed by atoms with Crippen molar-refractivity contribution in [2.45, 2.75) is 108 Å². The molecule has 20 heteroatoms. The minimum absolute atomic E-state index is 0.0504. The zero-order valence-electron chi connectivity index (χ0n) is 41.4. The molecular weight excluding hydrogens is 967 g/mol. The standard InChI is InChI=1S/C51H66ClFN10O6S2/c1-30-21-34(42-31(2)57-29-70-42)11-12-36(30)24-55-45(65)40-23-37(64)27-63(40)47(67)43(59-48(68)51(53)15-16-51)50(3,4)71-28-33-9-7-32(8-10-33)26-61-17-19-62(20-18-61)46(66)35-13-14-39(41(22-35)69-6)58-49-56-25-38(52)44(54-5)60-49/h11-14,21-22,25,29,32-33,37,40,43,64H,7-10,15-20,23-24,26-28H2,1-6H3,(H,55,65)(H,59,68)(H2,54,56,58,60)/t32?,33?,37-,40-,43?/m1/s1. The van der Waals surface area contributed by atoms with Crippen LogP contribution in [0.15, 0.2) is 48.1 Å². The SMILES string of the molecule is CNc1nc(Nc2ccc(C(=O)N3CCN(CC4CCC(CSC(C)(C)C(NC(=O)C5(F)CC5)C(=O)N5C[C@H](O)C[C@@H]5C(=O)NCc5ccc(-c6scnc6C)cc5C)CC4)CC3)cc2OC)ncc1Cl. The van der Waals surface area contributed by atoms with Crippen LogP contribution < -0.4 is 26.0 Å². The van der Waals surface area contributed by atoms with Gasteiger partial charge in [-0.3, -0.25) is 24.1 Å². The number of β-amino-alcohol motifs (C(OH)–C–C–N with tert-alkyl or cyclic N) is 1. The maximum absolute atomic E-state index is 15.2. The average Bonchev–Trinajstić information content (AvgIpc) is 3.77. The summed E-state index contributed by atoms with van der Waals surface area (Å²) in [6.07, 6.45) is 5.00. The quantitative estimate of drug-likeness (QED) is 0.0685.